The van der Waals surface area contributed by atoms with Crippen molar-refractivity contribution in [3.8, 4) is 0 Å². The molecular formula is C11H20N2O. The molecule has 0 unspecified atom stereocenters. The summed E-state index contributed by atoms with van der Waals surface area (Å²) in [5, 5.41) is 3.14. The third-order valence-corrected chi connectivity index (χ3v) is 3.85. The molecule has 3 N–H and O–H groups in total. The van der Waals surface area contributed by atoms with Crippen LogP contribution in [0.4, 0.5) is 0 Å². The molecule has 2 aliphatic rings. The summed E-state index contributed by atoms with van der Waals surface area (Å²) >= 11 is 0. The summed E-state index contributed by atoms with van der Waals surface area (Å²) in [4.78, 5) is 12.1. The molecule has 0 saturated heterocycles. The Morgan fingerprint density at radius 1 is 1.29 bits per heavy atom. The number of nitrogens with two attached hydrogens (primary N) is 1. The van der Waals surface area contributed by atoms with Gasteiger partial charge in [0.15, 0.2) is 0 Å². The first-order chi connectivity index (χ1) is 6.60. The van der Waals surface area contributed by atoms with Gasteiger partial charge in [-0.25, -0.2) is 0 Å². The van der Waals surface area contributed by atoms with Crippen molar-refractivity contribution in [1.82, 2.24) is 5.32 Å². The number of nitrogens with one attached hydrogen (secondary N) is 1. The maximum Gasteiger partial charge on any atom is 0.227 e. The predicted octanol–water partition coefficient (Wildman–Crippen LogP) is 1.17. The molecule has 2 fully saturated rings. The van der Waals surface area contributed by atoms with Crippen LogP contribution < -0.4 is 11.1 Å². The minimum absolute atomic E-state index is 0.0991. The second-order valence-corrected chi connectivity index (χ2v) is 5.21. The Kier molecular flexibility index (Phi) is 2.30. The van der Waals surface area contributed by atoms with E-state index in [1.165, 1.54) is 0 Å². The molecule has 0 bridgehead atoms. The summed E-state index contributed by atoms with van der Waals surface area (Å²) in [6.07, 6.45) is 6.51. The molecule has 2 saturated carbocycles. The Hall–Kier alpha value is -0.570. The van der Waals surface area contributed by atoms with Crippen LogP contribution in [0.1, 0.15) is 45.4 Å². The molecule has 0 aromatic heterocycles. The van der Waals surface area contributed by atoms with E-state index in [4.69, 9.17) is 5.73 Å². The number of rotatable bonds is 3. The van der Waals surface area contributed by atoms with Crippen LogP contribution in [-0.2, 0) is 4.79 Å². The van der Waals surface area contributed by atoms with Crippen molar-refractivity contribution >= 4 is 5.91 Å². The first kappa shape index (κ1) is 9.97. The molecule has 0 aromatic carbocycles. The van der Waals surface area contributed by atoms with Gasteiger partial charge in [0.25, 0.3) is 0 Å². The summed E-state index contributed by atoms with van der Waals surface area (Å²) in [5.41, 5.74) is 5.62. The van der Waals surface area contributed by atoms with Crippen molar-refractivity contribution < 1.29 is 4.79 Å². The van der Waals surface area contributed by atoms with Crippen molar-refractivity contribution in [2.75, 3.05) is 6.54 Å². The zero-order valence-corrected chi connectivity index (χ0v) is 8.94. The average Bonchev–Trinajstić information content (AvgIpc) is 2.72. The highest BCUT2D eigenvalue weighted by Crippen LogP contribution is 2.40. The fourth-order valence-corrected chi connectivity index (χ4v) is 2.29. The summed E-state index contributed by atoms with van der Waals surface area (Å²) in [6, 6.07) is 0. The Balaban J connectivity index is 2.00. The lowest BCUT2D eigenvalue weighted by atomic mass is 9.85. The maximum atomic E-state index is 12.1. The van der Waals surface area contributed by atoms with E-state index in [-0.39, 0.29) is 16.9 Å². The highest BCUT2D eigenvalue weighted by molar-refractivity contribution is 5.84. The van der Waals surface area contributed by atoms with Crippen LogP contribution in [0.3, 0.4) is 0 Å². The minimum Gasteiger partial charge on any atom is -0.350 e. The van der Waals surface area contributed by atoms with E-state index in [2.05, 4.69) is 12.2 Å². The van der Waals surface area contributed by atoms with Crippen molar-refractivity contribution in [2.45, 2.75) is 51.0 Å². The van der Waals surface area contributed by atoms with Crippen LogP contribution in [0.15, 0.2) is 0 Å². The summed E-state index contributed by atoms with van der Waals surface area (Å²) in [6.45, 7) is 2.62. The zero-order valence-electron chi connectivity index (χ0n) is 8.94. The second kappa shape index (κ2) is 3.23. The van der Waals surface area contributed by atoms with E-state index in [0.717, 1.165) is 38.5 Å². The largest absolute Gasteiger partial charge is 0.350 e. The van der Waals surface area contributed by atoms with Crippen molar-refractivity contribution in [3.05, 3.63) is 0 Å². The van der Waals surface area contributed by atoms with E-state index in [1.54, 1.807) is 0 Å². The van der Waals surface area contributed by atoms with Crippen LogP contribution in [0, 0.1) is 5.41 Å². The maximum absolute atomic E-state index is 12.1. The van der Waals surface area contributed by atoms with Crippen LogP contribution >= 0.6 is 0 Å². The van der Waals surface area contributed by atoms with E-state index in [1.807, 2.05) is 0 Å². The number of hydrogen-bond acceptors (Lipinski definition) is 2. The highest BCUT2D eigenvalue weighted by atomic mass is 16.2. The molecule has 2 aliphatic carbocycles. The molecular weight excluding hydrogens is 176 g/mol. The van der Waals surface area contributed by atoms with Gasteiger partial charge in [-0.2, -0.15) is 0 Å². The number of hydrogen-bond donors (Lipinski definition) is 2. The molecule has 1 amide bonds. The molecule has 3 nitrogen and oxygen atoms in total. The van der Waals surface area contributed by atoms with Gasteiger partial charge >= 0.3 is 0 Å². The summed E-state index contributed by atoms with van der Waals surface area (Å²) < 4.78 is 0. The lowest BCUT2D eigenvalue weighted by Gasteiger charge is -2.27. The SMILES string of the molecule is CC1(NC(=O)C2(CN)CCCC2)CC1. The molecule has 0 aromatic rings. The lowest BCUT2D eigenvalue weighted by molar-refractivity contribution is -0.131. The molecule has 0 radical (unpaired) electrons. The fourth-order valence-electron chi connectivity index (χ4n) is 2.29. The standard InChI is InChI=1S/C11H20N2O/c1-10(6-7-10)13-9(14)11(8-12)4-2-3-5-11/h2-8,12H2,1H3,(H,13,14). The number of carbonyl (C=O) groups is 1. The first-order valence-electron chi connectivity index (χ1n) is 5.63. The van der Waals surface area contributed by atoms with Gasteiger partial charge in [-0.3, -0.25) is 4.79 Å². The number of carbonyl (C=O) groups excluding carboxylic acids is 1. The molecule has 2 rings (SSSR count). The fraction of sp³-hybridized carbons (Fsp3) is 0.909. The molecule has 0 heterocycles. The molecule has 14 heavy (non-hydrogen) atoms. The van der Waals surface area contributed by atoms with E-state index >= 15 is 0 Å². The Labute approximate surface area is 85.4 Å². The monoisotopic (exact) mass is 196 g/mol. The number of amides is 1. The van der Waals surface area contributed by atoms with Crippen LogP contribution in [0.2, 0.25) is 0 Å². The van der Waals surface area contributed by atoms with Crippen molar-refractivity contribution in [3.63, 3.8) is 0 Å². The molecule has 0 atom stereocenters. The van der Waals surface area contributed by atoms with Gasteiger partial charge in [-0.15, -0.1) is 0 Å². The zero-order chi connectivity index (χ0) is 10.2. The third kappa shape index (κ3) is 1.65. The minimum atomic E-state index is -0.231. The van der Waals surface area contributed by atoms with E-state index in [0.29, 0.717) is 6.54 Å². The second-order valence-electron chi connectivity index (χ2n) is 5.21. The predicted molar refractivity (Wildman–Crippen MR) is 55.7 cm³/mol. The smallest absolute Gasteiger partial charge is 0.227 e. The highest BCUT2D eigenvalue weighted by Gasteiger charge is 2.46. The summed E-state index contributed by atoms with van der Waals surface area (Å²) in [5.74, 6) is 0.206. The van der Waals surface area contributed by atoms with Crippen molar-refractivity contribution in [2.24, 2.45) is 11.1 Å². The van der Waals surface area contributed by atoms with Crippen molar-refractivity contribution in [1.29, 1.82) is 0 Å². The molecule has 80 valence electrons. The molecule has 3 heteroatoms. The molecule has 0 aliphatic heterocycles. The van der Waals surface area contributed by atoms with Crippen LogP contribution in [-0.4, -0.2) is 18.0 Å². The van der Waals surface area contributed by atoms with Gasteiger partial charge in [0.05, 0.1) is 5.41 Å². The van der Waals surface area contributed by atoms with Gasteiger partial charge in [0.1, 0.15) is 0 Å². The quantitative estimate of drug-likeness (QED) is 0.712. The van der Waals surface area contributed by atoms with E-state index < -0.39 is 0 Å². The Morgan fingerprint density at radius 3 is 2.29 bits per heavy atom. The topological polar surface area (TPSA) is 55.1 Å². The lowest BCUT2D eigenvalue weighted by Crippen LogP contribution is -2.48. The van der Waals surface area contributed by atoms with Gasteiger partial charge in [-0.05, 0) is 32.6 Å². The Bertz CT molecular complexity index is 240. The average molecular weight is 196 g/mol. The normalized spacial score (nSPS) is 27.3. The van der Waals surface area contributed by atoms with Gasteiger partial charge in [-0.1, -0.05) is 12.8 Å². The molecule has 0 spiro atoms. The van der Waals surface area contributed by atoms with Gasteiger partial charge in [0.2, 0.25) is 5.91 Å². The Morgan fingerprint density at radius 2 is 1.86 bits per heavy atom. The van der Waals surface area contributed by atoms with E-state index in [9.17, 15) is 4.79 Å². The first-order valence-corrected chi connectivity index (χ1v) is 5.63. The van der Waals surface area contributed by atoms with Gasteiger partial charge in [0, 0.05) is 12.1 Å². The summed E-state index contributed by atoms with van der Waals surface area (Å²) in [7, 11) is 0. The van der Waals surface area contributed by atoms with Crippen LogP contribution in [0.5, 0.6) is 0 Å². The van der Waals surface area contributed by atoms with Gasteiger partial charge < -0.3 is 11.1 Å². The van der Waals surface area contributed by atoms with Crippen LogP contribution in [0.25, 0.3) is 0 Å². The third-order valence-electron chi connectivity index (χ3n) is 3.85.